The summed E-state index contributed by atoms with van der Waals surface area (Å²) in [4.78, 5) is 15.5. The van der Waals surface area contributed by atoms with Crippen LogP contribution in [-0.4, -0.2) is 23.8 Å². The Kier molecular flexibility index (Phi) is 16.6. The van der Waals surface area contributed by atoms with Crippen LogP contribution in [0.3, 0.4) is 0 Å². The van der Waals surface area contributed by atoms with Gasteiger partial charge in [0.1, 0.15) is 0 Å². The molecule has 1 aliphatic heterocycles. The van der Waals surface area contributed by atoms with Crippen molar-refractivity contribution < 1.29 is 4.79 Å². The lowest BCUT2D eigenvalue weighted by molar-refractivity contribution is -0.113. The van der Waals surface area contributed by atoms with E-state index in [0.717, 1.165) is 28.8 Å². The Bertz CT molecular complexity index is 908. The fraction of sp³-hybridized carbons (Fsp3) is 0.258. The van der Waals surface area contributed by atoms with Crippen molar-refractivity contribution in [3.8, 4) is 0 Å². The number of carbonyl (C=O) groups excluding carboxylic acids is 1. The summed E-state index contributed by atoms with van der Waals surface area (Å²) >= 11 is 0. The number of carbonyl (C=O) groups is 1. The van der Waals surface area contributed by atoms with E-state index >= 15 is 0 Å². The van der Waals surface area contributed by atoms with E-state index in [1.807, 2.05) is 89.3 Å². The third-order valence-electron chi connectivity index (χ3n) is 4.61. The average Bonchev–Trinajstić information content (AvgIpc) is 2.87. The highest BCUT2D eigenvalue weighted by Gasteiger charge is 2.26. The third kappa shape index (κ3) is 10.8. The first kappa shape index (κ1) is 29.8. The van der Waals surface area contributed by atoms with Gasteiger partial charge in [-0.2, -0.15) is 0 Å². The molecule has 1 aromatic rings. The summed E-state index contributed by atoms with van der Waals surface area (Å²) in [5, 5.41) is 0. The SMILES string of the molecule is C=C\C=C/C(=C\C)/C=C1\CN(Cc2ccccc2)C/C(=C\C(C=C)=C\C=C)C1=O.CC.CC. The second kappa shape index (κ2) is 18.4. The first-order chi connectivity index (χ1) is 16.1. The maximum Gasteiger partial charge on any atom is 0.187 e. The first-order valence-electron chi connectivity index (χ1n) is 11.7. The fourth-order valence-electron chi connectivity index (χ4n) is 3.18. The number of hydrogen-bond acceptors (Lipinski definition) is 2. The van der Waals surface area contributed by atoms with Gasteiger partial charge in [-0.25, -0.2) is 0 Å². The first-order valence-corrected chi connectivity index (χ1v) is 11.7. The van der Waals surface area contributed by atoms with Crippen LogP contribution in [0.5, 0.6) is 0 Å². The molecule has 0 saturated carbocycles. The molecule has 0 amide bonds. The minimum atomic E-state index is 0.0810. The zero-order chi connectivity index (χ0) is 25.1. The zero-order valence-electron chi connectivity index (χ0n) is 21.2. The van der Waals surface area contributed by atoms with Gasteiger partial charge < -0.3 is 0 Å². The molecule has 2 nitrogen and oxygen atoms in total. The molecule has 2 heteroatoms. The highest BCUT2D eigenvalue weighted by atomic mass is 16.1. The standard InChI is InChI=1S/C27H29NO.2C2H6/c1-5-9-14-23(8-4)18-26-21-28(19-24-15-11-10-12-16-24)20-25(27(26)29)17-22(7-3)13-6-2;2*1-2/h5-18H,1-3,19-21H2,4H3;2*1-2H3/b14-9-,22-13+,23-8+,25-17+,26-18+;;. The molecule has 1 heterocycles. The van der Waals surface area contributed by atoms with Gasteiger partial charge in [-0.15, -0.1) is 0 Å². The Morgan fingerprint density at radius 3 is 1.97 bits per heavy atom. The number of benzene rings is 1. The van der Waals surface area contributed by atoms with Crippen molar-refractivity contribution >= 4 is 5.78 Å². The lowest BCUT2D eigenvalue weighted by atomic mass is 9.93. The van der Waals surface area contributed by atoms with Gasteiger partial charge in [-0.1, -0.05) is 120 Å². The number of hydrogen-bond donors (Lipinski definition) is 0. The Hall–Kier alpha value is -3.23. The largest absolute Gasteiger partial charge is 0.290 e. The van der Waals surface area contributed by atoms with Crippen molar-refractivity contribution in [2.75, 3.05) is 13.1 Å². The predicted molar refractivity (Wildman–Crippen MR) is 147 cm³/mol. The topological polar surface area (TPSA) is 20.3 Å². The van der Waals surface area contributed by atoms with E-state index in [0.29, 0.717) is 13.1 Å². The molecule has 0 atom stereocenters. The molecule has 0 N–H and O–H groups in total. The molecule has 0 bridgehead atoms. The fourth-order valence-corrected chi connectivity index (χ4v) is 3.18. The number of ketones is 1. The Balaban J connectivity index is 0.00000242. The third-order valence-corrected chi connectivity index (χ3v) is 4.61. The van der Waals surface area contributed by atoms with E-state index < -0.39 is 0 Å². The van der Waals surface area contributed by atoms with Crippen molar-refractivity contribution in [3.63, 3.8) is 0 Å². The molecule has 1 fully saturated rings. The van der Waals surface area contributed by atoms with E-state index in [1.165, 1.54) is 5.56 Å². The second-order valence-corrected chi connectivity index (χ2v) is 6.79. The number of piperidine rings is 1. The number of allylic oxidation sites excluding steroid dienone is 11. The van der Waals surface area contributed by atoms with Crippen molar-refractivity contribution in [1.29, 1.82) is 0 Å². The van der Waals surface area contributed by atoms with Crippen LogP contribution in [0.15, 0.2) is 127 Å². The predicted octanol–water partition coefficient (Wildman–Crippen LogP) is 7.96. The van der Waals surface area contributed by atoms with Crippen LogP contribution < -0.4 is 0 Å². The molecule has 2 rings (SSSR count). The highest BCUT2D eigenvalue weighted by molar-refractivity contribution is 6.10. The number of likely N-dealkylation sites (tertiary alicyclic amines) is 1. The van der Waals surface area contributed by atoms with E-state index in [9.17, 15) is 4.79 Å². The summed E-state index contributed by atoms with van der Waals surface area (Å²) in [7, 11) is 0. The van der Waals surface area contributed by atoms with Gasteiger partial charge in [0.15, 0.2) is 5.78 Å². The van der Waals surface area contributed by atoms with Crippen LogP contribution in [0.2, 0.25) is 0 Å². The van der Waals surface area contributed by atoms with Crippen LogP contribution in [0.1, 0.15) is 40.2 Å². The number of rotatable bonds is 8. The second-order valence-electron chi connectivity index (χ2n) is 6.79. The summed E-state index contributed by atoms with van der Waals surface area (Å²) in [6.45, 7) is 23.3. The van der Waals surface area contributed by atoms with Crippen molar-refractivity contribution in [3.05, 3.63) is 133 Å². The van der Waals surface area contributed by atoms with E-state index in [2.05, 4.69) is 36.8 Å². The van der Waals surface area contributed by atoms with E-state index in [4.69, 9.17) is 0 Å². The van der Waals surface area contributed by atoms with Crippen LogP contribution in [0.25, 0.3) is 0 Å². The van der Waals surface area contributed by atoms with Crippen LogP contribution in [0.4, 0.5) is 0 Å². The molecule has 0 spiro atoms. The van der Waals surface area contributed by atoms with Gasteiger partial charge >= 0.3 is 0 Å². The van der Waals surface area contributed by atoms with Crippen LogP contribution in [-0.2, 0) is 11.3 Å². The lowest BCUT2D eigenvalue weighted by Gasteiger charge is -2.30. The van der Waals surface area contributed by atoms with Gasteiger partial charge in [0.2, 0.25) is 0 Å². The molecule has 0 radical (unpaired) electrons. The molecule has 33 heavy (non-hydrogen) atoms. The average molecular weight is 444 g/mol. The highest BCUT2D eigenvalue weighted by Crippen LogP contribution is 2.22. The zero-order valence-corrected chi connectivity index (χ0v) is 21.2. The van der Waals surface area contributed by atoms with Crippen molar-refractivity contribution in [2.24, 2.45) is 0 Å². The summed E-state index contributed by atoms with van der Waals surface area (Å²) in [5.41, 5.74) is 4.63. The summed E-state index contributed by atoms with van der Waals surface area (Å²) in [6, 6.07) is 10.3. The maximum absolute atomic E-state index is 13.2. The molecule has 1 aliphatic rings. The Morgan fingerprint density at radius 2 is 1.48 bits per heavy atom. The van der Waals surface area contributed by atoms with Gasteiger partial charge in [-0.05, 0) is 35.8 Å². The number of Topliss-reactive ketones (excluding diaryl/α,β-unsaturated/α-hetero) is 1. The summed E-state index contributed by atoms with van der Waals surface area (Å²) in [6.07, 6.45) is 16.7. The van der Waals surface area contributed by atoms with Gasteiger partial charge in [0, 0.05) is 30.8 Å². The quantitative estimate of drug-likeness (QED) is 0.300. The monoisotopic (exact) mass is 443 g/mol. The maximum atomic E-state index is 13.2. The summed E-state index contributed by atoms with van der Waals surface area (Å²) < 4.78 is 0. The van der Waals surface area contributed by atoms with Gasteiger partial charge in [0.05, 0.1) is 0 Å². The van der Waals surface area contributed by atoms with Gasteiger partial charge in [-0.3, -0.25) is 9.69 Å². The molecule has 1 aromatic carbocycles. The molecule has 0 unspecified atom stereocenters. The summed E-state index contributed by atoms with van der Waals surface area (Å²) in [5.74, 6) is 0.0810. The molecule has 0 aromatic heterocycles. The minimum Gasteiger partial charge on any atom is -0.290 e. The smallest absolute Gasteiger partial charge is 0.187 e. The molecule has 176 valence electrons. The number of nitrogens with zero attached hydrogens (tertiary/aromatic N) is 1. The minimum absolute atomic E-state index is 0.0810. The lowest BCUT2D eigenvalue weighted by Crippen LogP contribution is -2.37. The van der Waals surface area contributed by atoms with E-state index in [1.54, 1.807) is 18.2 Å². The van der Waals surface area contributed by atoms with E-state index in [-0.39, 0.29) is 5.78 Å². The van der Waals surface area contributed by atoms with Crippen LogP contribution in [0, 0.1) is 0 Å². The van der Waals surface area contributed by atoms with Crippen molar-refractivity contribution in [2.45, 2.75) is 41.2 Å². The van der Waals surface area contributed by atoms with Crippen molar-refractivity contribution in [1.82, 2.24) is 4.90 Å². The van der Waals surface area contributed by atoms with Gasteiger partial charge in [0.25, 0.3) is 0 Å². The molecule has 0 aliphatic carbocycles. The molecule has 1 saturated heterocycles. The normalized spacial score (nSPS) is 17.2. The molecular formula is C31H41NO. The Labute approximate surface area is 202 Å². The molecular weight excluding hydrogens is 402 g/mol. The Morgan fingerprint density at radius 1 is 0.909 bits per heavy atom. The van der Waals surface area contributed by atoms with Crippen LogP contribution >= 0.6 is 0 Å².